The van der Waals surface area contributed by atoms with Gasteiger partial charge in [0.25, 0.3) is 0 Å². The van der Waals surface area contributed by atoms with Crippen LogP contribution in [-0.4, -0.2) is 37.4 Å². The summed E-state index contributed by atoms with van der Waals surface area (Å²) in [5.74, 6) is -0.279. The minimum Gasteiger partial charge on any atom is -0.298 e. The lowest BCUT2D eigenvalue weighted by Crippen LogP contribution is -2.28. The third-order valence-electron chi connectivity index (χ3n) is 2.73. The number of carbonyl (C=O) groups is 2. The highest BCUT2D eigenvalue weighted by Gasteiger charge is 2.39. The minimum absolute atomic E-state index is 0.0971. The van der Waals surface area contributed by atoms with E-state index in [1.54, 1.807) is 0 Å². The molecule has 0 N–H and O–H groups in total. The van der Waals surface area contributed by atoms with Gasteiger partial charge in [0.05, 0.1) is 5.56 Å². The molecule has 0 aromatic carbocycles. The van der Waals surface area contributed by atoms with Crippen LogP contribution in [0.25, 0.3) is 0 Å². The normalized spacial score (nSPS) is 19.8. The fraction of sp³-hybridized carbons (Fsp3) is 0.300. The summed E-state index contributed by atoms with van der Waals surface area (Å²) >= 11 is 3.16. The van der Waals surface area contributed by atoms with Gasteiger partial charge in [0.1, 0.15) is 11.1 Å². The van der Waals surface area contributed by atoms with E-state index in [1.807, 2.05) is 0 Å². The Bertz CT molecular complexity index is 649. The lowest BCUT2D eigenvalue weighted by Gasteiger charge is -2.16. The van der Waals surface area contributed by atoms with E-state index >= 15 is 0 Å². The van der Waals surface area contributed by atoms with Crippen molar-refractivity contribution in [1.29, 1.82) is 0 Å². The molecule has 1 aliphatic rings. The third-order valence-corrected chi connectivity index (χ3v) is 5.03. The number of amides is 1. The quantitative estimate of drug-likeness (QED) is 0.594. The maximum atomic E-state index is 11.8. The standard InChI is InChI=1S/C10H8BrClN2O4S/c11-7-1-6(5-15)10(13-3-7)14-4-8(2-9(14)16)19(12,17)18/h1,3,5,8H,2,4H2. The van der Waals surface area contributed by atoms with E-state index in [9.17, 15) is 18.0 Å². The van der Waals surface area contributed by atoms with Gasteiger partial charge in [-0.05, 0) is 22.0 Å². The molecule has 0 bridgehead atoms. The van der Waals surface area contributed by atoms with Gasteiger partial charge in [0, 0.05) is 34.3 Å². The number of carbonyl (C=O) groups excluding carboxylic acids is 2. The summed E-state index contributed by atoms with van der Waals surface area (Å²) in [6, 6.07) is 1.51. The van der Waals surface area contributed by atoms with E-state index in [0.717, 1.165) is 0 Å². The Morgan fingerprint density at radius 3 is 2.74 bits per heavy atom. The van der Waals surface area contributed by atoms with Gasteiger partial charge < -0.3 is 0 Å². The smallest absolute Gasteiger partial charge is 0.237 e. The highest BCUT2D eigenvalue weighted by Crippen LogP contribution is 2.28. The number of aldehydes is 1. The number of nitrogens with zero attached hydrogens (tertiary/aromatic N) is 2. The fourth-order valence-corrected chi connectivity index (χ4v) is 3.20. The Hall–Kier alpha value is -0.990. The second-order valence-electron chi connectivity index (χ2n) is 3.99. The van der Waals surface area contributed by atoms with Crippen LogP contribution in [0.5, 0.6) is 0 Å². The highest BCUT2D eigenvalue weighted by atomic mass is 79.9. The van der Waals surface area contributed by atoms with Crippen molar-refractivity contribution in [2.24, 2.45) is 0 Å². The number of hydrogen-bond donors (Lipinski definition) is 0. The summed E-state index contributed by atoms with van der Waals surface area (Å²) in [5, 5.41) is -0.980. The zero-order valence-electron chi connectivity index (χ0n) is 9.42. The zero-order chi connectivity index (χ0) is 14.2. The summed E-state index contributed by atoms with van der Waals surface area (Å²) in [4.78, 5) is 28.0. The van der Waals surface area contributed by atoms with Crippen molar-refractivity contribution < 1.29 is 18.0 Å². The molecule has 102 valence electrons. The molecule has 0 spiro atoms. The Morgan fingerprint density at radius 2 is 2.21 bits per heavy atom. The molecule has 1 atom stereocenters. The molecule has 0 radical (unpaired) electrons. The molecule has 1 saturated heterocycles. The Labute approximate surface area is 122 Å². The van der Waals surface area contributed by atoms with Gasteiger partial charge in [-0.2, -0.15) is 0 Å². The first-order valence-electron chi connectivity index (χ1n) is 5.17. The van der Waals surface area contributed by atoms with Crippen molar-refractivity contribution in [2.75, 3.05) is 11.4 Å². The molecule has 2 heterocycles. The predicted molar refractivity (Wildman–Crippen MR) is 72.9 cm³/mol. The minimum atomic E-state index is -3.82. The van der Waals surface area contributed by atoms with E-state index in [4.69, 9.17) is 10.7 Å². The van der Waals surface area contributed by atoms with Crippen LogP contribution in [0.2, 0.25) is 0 Å². The van der Waals surface area contributed by atoms with E-state index in [1.165, 1.54) is 17.2 Å². The summed E-state index contributed by atoms with van der Waals surface area (Å²) in [5.41, 5.74) is 0.204. The van der Waals surface area contributed by atoms with Gasteiger partial charge in [0.2, 0.25) is 15.0 Å². The molecule has 0 aliphatic carbocycles. The molecule has 1 unspecified atom stereocenters. The molecule has 1 fully saturated rings. The van der Waals surface area contributed by atoms with Gasteiger partial charge >= 0.3 is 0 Å². The van der Waals surface area contributed by atoms with Crippen LogP contribution in [0.1, 0.15) is 16.8 Å². The molecule has 0 saturated carbocycles. The van der Waals surface area contributed by atoms with Gasteiger partial charge in [0.15, 0.2) is 6.29 Å². The number of rotatable bonds is 3. The summed E-state index contributed by atoms with van der Waals surface area (Å²) < 4.78 is 23.1. The van der Waals surface area contributed by atoms with Crippen molar-refractivity contribution in [2.45, 2.75) is 11.7 Å². The third kappa shape index (κ3) is 2.96. The van der Waals surface area contributed by atoms with Crippen LogP contribution in [0.4, 0.5) is 5.82 Å². The molecule has 1 aromatic heterocycles. The van der Waals surface area contributed by atoms with Crippen LogP contribution in [-0.2, 0) is 13.8 Å². The number of halogens is 2. The molecular formula is C10H8BrClN2O4S. The number of pyridine rings is 1. The first-order chi connectivity index (χ1) is 8.82. The van der Waals surface area contributed by atoms with E-state index in [2.05, 4.69) is 20.9 Å². The van der Waals surface area contributed by atoms with Crippen LogP contribution in [0.3, 0.4) is 0 Å². The Kier molecular flexibility index (Phi) is 3.93. The maximum Gasteiger partial charge on any atom is 0.237 e. The Morgan fingerprint density at radius 1 is 1.53 bits per heavy atom. The van der Waals surface area contributed by atoms with Crippen molar-refractivity contribution in [1.82, 2.24) is 4.98 Å². The van der Waals surface area contributed by atoms with Crippen LogP contribution in [0, 0.1) is 0 Å². The summed E-state index contributed by atoms with van der Waals surface area (Å²) in [7, 11) is 1.43. The SMILES string of the molecule is O=Cc1cc(Br)cnc1N1CC(S(=O)(=O)Cl)CC1=O. The molecule has 1 amide bonds. The molecule has 6 nitrogen and oxygen atoms in total. The molecule has 9 heteroatoms. The monoisotopic (exact) mass is 366 g/mol. The summed E-state index contributed by atoms with van der Waals surface area (Å²) in [6.45, 7) is -0.0971. The van der Waals surface area contributed by atoms with Gasteiger partial charge in [-0.25, -0.2) is 13.4 Å². The lowest BCUT2D eigenvalue weighted by molar-refractivity contribution is -0.117. The van der Waals surface area contributed by atoms with Crippen molar-refractivity contribution >= 4 is 53.7 Å². The molecule has 1 aliphatic heterocycles. The number of hydrogen-bond acceptors (Lipinski definition) is 5. The number of anilines is 1. The topological polar surface area (TPSA) is 84.4 Å². The van der Waals surface area contributed by atoms with Crippen LogP contribution < -0.4 is 4.90 Å². The fourth-order valence-electron chi connectivity index (χ4n) is 1.83. The van der Waals surface area contributed by atoms with Crippen LogP contribution in [0.15, 0.2) is 16.7 Å². The van der Waals surface area contributed by atoms with Crippen molar-refractivity contribution in [3.63, 3.8) is 0 Å². The van der Waals surface area contributed by atoms with Gasteiger partial charge in [-0.15, -0.1) is 0 Å². The van der Waals surface area contributed by atoms with Gasteiger partial charge in [-0.1, -0.05) is 0 Å². The Balaban J connectivity index is 2.38. The molecule has 19 heavy (non-hydrogen) atoms. The van der Waals surface area contributed by atoms with E-state index in [0.29, 0.717) is 10.8 Å². The zero-order valence-corrected chi connectivity index (χ0v) is 12.6. The van der Waals surface area contributed by atoms with Crippen molar-refractivity contribution in [3.8, 4) is 0 Å². The average molecular weight is 368 g/mol. The van der Waals surface area contributed by atoms with E-state index < -0.39 is 20.2 Å². The van der Waals surface area contributed by atoms with Crippen molar-refractivity contribution in [3.05, 3.63) is 22.3 Å². The predicted octanol–water partition coefficient (Wildman–Crippen LogP) is 1.33. The molecule has 2 rings (SSSR count). The second kappa shape index (κ2) is 5.18. The average Bonchev–Trinajstić information content (AvgIpc) is 2.71. The first kappa shape index (κ1) is 14.4. The molecular weight excluding hydrogens is 360 g/mol. The van der Waals surface area contributed by atoms with E-state index in [-0.39, 0.29) is 24.3 Å². The lowest BCUT2D eigenvalue weighted by atomic mass is 10.2. The molecule has 1 aromatic rings. The largest absolute Gasteiger partial charge is 0.298 e. The van der Waals surface area contributed by atoms with Gasteiger partial charge in [-0.3, -0.25) is 14.5 Å². The first-order valence-corrected chi connectivity index (χ1v) is 8.34. The van der Waals surface area contributed by atoms with Crippen LogP contribution >= 0.6 is 26.6 Å². The summed E-state index contributed by atoms with van der Waals surface area (Å²) in [6.07, 6.45) is 1.78. The highest BCUT2D eigenvalue weighted by molar-refractivity contribution is 9.10. The second-order valence-corrected chi connectivity index (χ2v) is 7.81. The number of aromatic nitrogens is 1. The maximum absolute atomic E-state index is 11.8.